The monoisotopic (exact) mass is 365 g/mol. The molecule has 1 aromatic heterocycles. The summed E-state index contributed by atoms with van der Waals surface area (Å²) >= 11 is 0. The van der Waals surface area contributed by atoms with Gasteiger partial charge in [0.1, 0.15) is 5.69 Å². The molecule has 1 atom stereocenters. The molecule has 0 saturated carbocycles. The largest absolute Gasteiger partial charge is 0.416 e. The quantitative estimate of drug-likeness (QED) is 0.845. The first kappa shape index (κ1) is 19.4. The maximum atomic E-state index is 12.5. The van der Waals surface area contributed by atoms with E-state index < -0.39 is 17.6 Å². The fraction of sp³-hybridized carbons (Fsp3) is 0.278. The van der Waals surface area contributed by atoms with E-state index >= 15 is 0 Å². The number of aromatic nitrogens is 1. The van der Waals surface area contributed by atoms with Crippen molar-refractivity contribution in [3.63, 3.8) is 0 Å². The number of hydrogen-bond acceptors (Lipinski definition) is 3. The van der Waals surface area contributed by atoms with Crippen LogP contribution in [0.5, 0.6) is 0 Å². The Bertz CT molecular complexity index is 789. The zero-order valence-corrected chi connectivity index (χ0v) is 14.2. The highest BCUT2D eigenvalue weighted by atomic mass is 19.4. The van der Waals surface area contributed by atoms with Gasteiger partial charge < -0.3 is 10.6 Å². The Balaban J connectivity index is 2.10. The maximum absolute atomic E-state index is 12.5. The lowest BCUT2D eigenvalue weighted by Crippen LogP contribution is -2.32. The van der Waals surface area contributed by atoms with Crippen LogP contribution in [0.2, 0.25) is 0 Å². The number of benzene rings is 1. The van der Waals surface area contributed by atoms with Crippen molar-refractivity contribution in [1.29, 1.82) is 0 Å². The molecule has 2 N–H and O–H groups in total. The van der Waals surface area contributed by atoms with Crippen LogP contribution < -0.4 is 10.6 Å². The van der Waals surface area contributed by atoms with E-state index in [2.05, 4.69) is 15.6 Å². The average Bonchev–Trinajstić information content (AvgIpc) is 2.61. The number of carbonyl (C=O) groups is 2. The van der Waals surface area contributed by atoms with Crippen molar-refractivity contribution in [2.24, 2.45) is 0 Å². The highest BCUT2D eigenvalue weighted by Crippen LogP contribution is 2.29. The standard InChI is InChI=1S/C18H18F3N3O2/c1-3-11(2)23-16(25)12-8-9-22-15(10-12)17(26)24-14-6-4-13(5-7-14)18(19,20)21/h4-11H,3H2,1-2H3,(H,23,25)(H,24,26). The summed E-state index contributed by atoms with van der Waals surface area (Å²) < 4.78 is 37.6. The third-order valence-corrected chi connectivity index (χ3v) is 3.71. The fourth-order valence-electron chi connectivity index (χ4n) is 2.04. The molecule has 0 bridgehead atoms. The summed E-state index contributed by atoms with van der Waals surface area (Å²) in [4.78, 5) is 28.2. The molecule has 2 aromatic rings. The molecule has 26 heavy (non-hydrogen) atoms. The normalized spacial score (nSPS) is 12.3. The first-order valence-electron chi connectivity index (χ1n) is 7.96. The van der Waals surface area contributed by atoms with Crippen LogP contribution in [-0.2, 0) is 6.18 Å². The number of rotatable bonds is 5. The molecule has 0 radical (unpaired) electrons. The predicted octanol–water partition coefficient (Wildman–Crippen LogP) is 3.88. The van der Waals surface area contributed by atoms with Gasteiger partial charge in [-0.05, 0) is 49.7 Å². The van der Waals surface area contributed by atoms with E-state index in [0.29, 0.717) is 0 Å². The zero-order valence-electron chi connectivity index (χ0n) is 14.2. The average molecular weight is 365 g/mol. The topological polar surface area (TPSA) is 71.1 Å². The Labute approximate surface area is 148 Å². The van der Waals surface area contributed by atoms with Gasteiger partial charge in [0, 0.05) is 23.5 Å². The van der Waals surface area contributed by atoms with Gasteiger partial charge in [0.25, 0.3) is 11.8 Å². The molecule has 0 saturated heterocycles. The van der Waals surface area contributed by atoms with Gasteiger partial charge >= 0.3 is 6.18 Å². The Morgan fingerprint density at radius 2 is 1.77 bits per heavy atom. The summed E-state index contributed by atoms with van der Waals surface area (Å²) in [6.45, 7) is 3.79. The second kappa shape index (κ2) is 7.99. The van der Waals surface area contributed by atoms with Gasteiger partial charge in [0.05, 0.1) is 5.56 Å². The Morgan fingerprint density at radius 3 is 2.35 bits per heavy atom. The summed E-state index contributed by atoms with van der Waals surface area (Å²) in [7, 11) is 0. The van der Waals surface area contributed by atoms with Crippen molar-refractivity contribution in [1.82, 2.24) is 10.3 Å². The van der Waals surface area contributed by atoms with Crippen molar-refractivity contribution in [2.75, 3.05) is 5.32 Å². The van der Waals surface area contributed by atoms with E-state index in [9.17, 15) is 22.8 Å². The molecular formula is C18H18F3N3O2. The van der Waals surface area contributed by atoms with Gasteiger partial charge in [0.15, 0.2) is 0 Å². The fourth-order valence-corrected chi connectivity index (χ4v) is 2.04. The Morgan fingerprint density at radius 1 is 1.12 bits per heavy atom. The molecule has 5 nitrogen and oxygen atoms in total. The number of carbonyl (C=O) groups excluding carboxylic acids is 2. The van der Waals surface area contributed by atoms with E-state index in [-0.39, 0.29) is 28.9 Å². The van der Waals surface area contributed by atoms with Gasteiger partial charge in [-0.25, -0.2) is 0 Å². The summed E-state index contributed by atoms with van der Waals surface area (Å²) in [5.41, 5.74) is -0.351. The minimum absolute atomic E-state index is 0.0123. The lowest BCUT2D eigenvalue weighted by Gasteiger charge is -2.12. The van der Waals surface area contributed by atoms with Crippen LogP contribution in [0.15, 0.2) is 42.6 Å². The lowest BCUT2D eigenvalue weighted by molar-refractivity contribution is -0.137. The molecule has 0 aliphatic carbocycles. The summed E-state index contributed by atoms with van der Waals surface area (Å²) in [6.07, 6.45) is -2.35. The second-order valence-corrected chi connectivity index (χ2v) is 5.74. The summed E-state index contributed by atoms with van der Waals surface area (Å²) in [6, 6.07) is 6.85. The van der Waals surface area contributed by atoms with Crippen molar-refractivity contribution < 1.29 is 22.8 Å². The number of alkyl halides is 3. The van der Waals surface area contributed by atoms with E-state index in [0.717, 1.165) is 30.7 Å². The molecule has 0 aliphatic rings. The van der Waals surface area contributed by atoms with Crippen molar-refractivity contribution in [2.45, 2.75) is 32.5 Å². The highest BCUT2D eigenvalue weighted by molar-refractivity contribution is 6.04. The molecule has 138 valence electrons. The molecule has 0 spiro atoms. The Hall–Kier alpha value is -2.90. The van der Waals surface area contributed by atoms with Gasteiger partial charge in [-0.15, -0.1) is 0 Å². The number of nitrogens with zero attached hydrogens (tertiary/aromatic N) is 1. The Kier molecular flexibility index (Phi) is 5.97. The first-order valence-corrected chi connectivity index (χ1v) is 7.96. The maximum Gasteiger partial charge on any atom is 0.416 e. The number of hydrogen-bond donors (Lipinski definition) is 2. The smallest absolute Gasteiger partial charge is 0.350 e. The van der Waals surface area contributed by atoms with Crippen LogP contribution in [0.3, 0.4) is 0 Å². The van der Waals surface area contributed by atoms with Crippen LogP contribution in [0.4, 0.5) is 18.9 Å². The molecule has 1 aromatic carbocycles. The third kappa shape index (κ3) is 5.05. The first-order chi connectivity index (χ1) is 12.2. The predicted molar refractivity (Wildman–Crippen MR) is 90.9 cm³/mol. The van der Waals surface area contributed by atoms with Gasteiger partial charge in [-0.1, -0.05) is 6.92 Å². The van der Waals surface area contributed by atoms with Crippen LogP contribution in [-0.4, -0.2) is 22.8 Å². The molecule has 1 unspecified atom stereocenters. The van der Waals surface area contributed by atoms with Gasteiger partial charge in [0.2, 0.25) is 0 Å². The number of nitrogens with one attached hydrogen (secondary N) is 2. The molecule has 2 rings (SSSR count). The van der Waals surface area contributed by atoms with Crippen LogP contribution in [0, 0.1) is 0 Å². The molecule has 2 amide bonds. The lowest BCUT2D eigenvalue weighted by atomic mass is 10.1. The van der Waals surface area contributed by atoms with Crippen molar-refractivity contribution >= 4 is 17.5 Å². The highest BCUT2D eigenvalue weighted by Gasteiger charge is 2.30. The van der Waals surface area contributed by atoms with Crippen molar-refractivity contribution in [3.05, 3.63) is 59.4 Å². The van der Waals surface area contributed by atoms with Gasteiger partial charge in [-0.3, -0.25) is 14.6 Å². The van der Waals surface area contributed by atoms with Crippen molar-refractivity contribution in [3.8, 4) is 0 Å². The number of anilines is 1. The van der Waals surface area contributed by atoms with Crippen LogP contribution in [0.1, 0.15) is 46.7 Å². The number of halogens is 3. The summed E-state index contributed by atoms with van der Waals surface area (Å²) in [5.74, 6) is -0.951. The number of amides is 2. The third-order valence-electron chi connectivity index (χ3n) is 3.71. The van der Waals surface area contributed by atoms with Gasteiger partial charge in [-0.2, -0.15) is 13.2 Å². The van der Waals surface area contributed by atoms with Crippen LogP contribution in [0.25, 0.3) is 0 Å². The zero-order chi connectivity index (χ0) is 19.3. The molecule has 0 aliphatic heterocycles. The summed E-state index contributed by atoms with van der Waals surface area (Å²) in [5, 5.41) is 5.23. The van der Waals surface area contributed by atoms with E-state index in [4.69, 9.17) is 0 Å². The molecular weight excluding hydrogens is 347 g/mol. The number of pyridine rings is 1. The second-order valence-electron chi connectivity index (χ2n) is 5.74. The minimum atomic E-state index is -4.44. The molecule has 1 heterocycles. The van der Waals surface area contributed by atoms with E-state index in [1.165, 1.54) is 18.3 Å². The van der Waals surface area contributed by atoms with E-state index in [1.54, 1.807) is 0 Å². The van der Waals surface area contributed by atoms with Crippen LogP contribution >= 0.6 is 0 Å². The molecule has 8 heteroatoms. The minimum Gasteiger partial charge on any atom is -0.350 e. The molecule has 0 fully saturated rings. The van der Waals surface area contributed by atoms with E-state index in [1.807, 2.05) is 13.8 Å². The SMILES string of the molecule is CCC(C)NC(=O)c1ccnc(C(=O)Nc2ccc(C(F)(F)F)cc2)c1.